The van der Waals surface area contributed by atoms with Gasteiger partial charge in [0.05, 0.1) is 5.56 Å². The Balaban J connectivity index is 1.71. The second kappa shape index (κ2) is 5.08. The molecule has 1 aromatic heterocycles. The van der Waals surface area contributed by atoms with Crippen LogP contribution in [0.5, 0.6) is 0 Å². The fraction of sp³-hybridized carbons (Fsp3) is 0.643. The molecule has 19 heavy (non-hydrogen) atoms. The highest BCUT2D eigenvalue weighted by Crippen LogP contribution is 2.48. The number of carbonyl (C=O) groups is 1. The molecule has 0 aromatic carbocycles. The highest BCUT2D eigenvalue weighted by atomic mass is 35.5. The predicted octanol–water partition coefficient (Wildman–Crippen LogP) is 3.10. The van der Waals surface area contributed by atoms with Gasteiger partial charge >= 0.3 is 0 Å². The molecule has 2 fully saturated rings. The molecule has 2 aliphatic rings. The molecule has 5 heteroatoms. The fourth-order valence-electron chi connectivity index (χ4n) is 3.64. The first-order chi connectivity index (χ1) is 9.17. The summed E-state index contributed by atoms with van der Waals surface area (Å²) in [5, 5.41) is 3.54. The lowest BCUT2D eigenvalue weighted by atomic mass is 9.89. The monoisotopic (exact) mass is 279 g/mol. The number of aldehydes is 1. The van der Waals surface area contributed by atoms with E-state index in [4.69, 9.17) is 11.6 Å². The second-order valence-electron chi connectivity index (χ2n) is 5.76. The molecule has 3 atom stereocenters. The van der Waals surface area contributed by atoms with E-state index in [0.29, 0.717) is 23.1 Å². The molecular weight excluding hydrogens is 262 g/mol. The van der Waals surface area contributed by atoms with Gasteiger partial charge < -0.3 is 5.32 Å². The van der Waals surface area contributed by atoms with Crippen LogP contribution >= 0.6 is 11.6 Å². The van der Waals surface area contributed by atoms with Crippen molar-refractivity contribution in [3.05, 3.63) is 16.5 Å². The van der Waals surface area contributed by atoms with Crippen LogP contribution in [0.25, 0.3) is 0 Å². The standard InChI is InChI=1S/C14H18ClN3O/c1-8-17-13(15)12(7-19)14(18-8)16-6-11-5-9-2-3-10(11)4-9/h7,9-11H,2-6H2,1H3,(H,16,17,18). The van der Waals surface area contributed by atoms with Crippen LogP contribution in [0.3, 0.4) is 0 Å². The van der Waals surface area contributed by atoms with Crippen LogP contribution in [0, 0.1) is 24.7 Å². The number of nitrogens with one attached hydrogen (secondary N) is 1. The van der Waals surface area contributed by atoms with Crippen LogP contribution in [0.15, 0.2) is 0 Å². The number of nitrogens with zero attached hydrogens (tertiary/aromatic N) is 2. The molecule has 0 radical (unpaired) electrons. The van der Waals surface area contributed by atoms with Gasteiger partial charge in [0, 0.05) is 6.54 Å². The molecule has 102 valence electrons. The molecule has 2 bridgehead atoms. The van der Waals surface area contributed by atoms with Crippen molar-refractivity contribution in [2.45, 2.75) is 32.6 Å². The molecule has 1 N–H and O–H groups in total. The number of anilines is 1. The Morgan fingerprint density at radius 3 is 2.84 bits per heavy atom. The normalized spacial score (nSPS) is 28.6. The highest BCUT2D eigenvalue weighted by molar-refractivity contribution is 6.32. The summed E-state index contributed by atoms with van der Waals surface area (Å²) >= 11 is 5.97. The molecule has 0 spiro atoms. The third kappa shape index (κ3) is 2.46. The molecule has 0 amide bonds. The number of hydrogen-bond donors (Lipinski definition) is 1. The molecule has 2 aliphatic carbocycles. The average molecular weight is 280 g/mol. The van der Waals surface area contributed by atoms with Crippen LogP contribution in [-0.4, -0.2) is 22.8 Å². The van der Waals surface area contributed by atoms with Gasteiger partial charge in [-0.1, -0.05) is 18.0 Å². The molecule has 0 aliphatic heterocycles. The van der Waals surface area contributed by atoms with E-state index in [1.807, 2.05) is 0 Å². The van der Waals surface area contributed by atoms with Gasteiger partial charge in [0.2, 0.25) is 0 Å². The van der Waals surface area contributed by atoms with Gasteiger partial charge in [0.1, 0.15) is 16.8 Å². The maximum Gasteiger partial charge on any atom is 0.156 e. The number of halogens is 1. The Labute approximate surface area is 118 Å². The van der Waals surface area contributed by atoms with Crippen LogP contribution in [0.1, 0.15) is 41.9 Å². The predicted molar refractivity (Wildman–Crippen MR) is 74.6 cm³/mol. The molecular formula is C14H18ClN3O. The van der Waals surface area contributed by atoms with E-state index >= 15 is 0 Å². The van der Waals surface area contributed by atoms with Crippen molar-refractivity contribution >= 4 is 23.7 Å². The molecule has 2 saturated carbocycles. The Morgan fingerprint density at radius 1 is 1.37 bits per heavy atom. The quantitative estimate of drug-likeness (QED) is 0.680. The lowest BCUT2D eigenvalue weighted by Crippen LogP contribution is -2.21. The van der Waals surface area contributed by atoms with Gasteiger partial charge in [0.25, 0.3) is 0 Å². The Morgan fingerprint density at radius 2 is 2.21 bits per heavy atom. The molecule has 1 heterocycles. The first-order valence-electron chi connectivity index (χ1n) is 6.90. The summed E-state index contributed by atoms with van der Waals surface area (Å²) in [4.78, 5) is 19.4. The summed E-state index contributed by atoms with van der Waals surface area (Å²) in [6.45, 7) is 2.66. The zero-order chi connectivity index (χ0) is 13.4. The van der Waals surface area contributed by atoms with Crippen molar-refractivity contribution in [1.29, 1.82) is 0 Å². The zero-order valence-corrected chi connectivity index (χ0v) is 11.8. The first-order valence-corrected chi connectivity index (χ1v) is 7.28. The third-order valence-corrected chi connectivity index (χ3v) is 4.83. The van der Waals surface area contributed by atoms with Crippen molar-refractivity contribution in [2.75, 3.05) is 11.9 Å². The van der Waals surface area contributed by atoms with E-state index in [1.165, 1.54) is 25.7 Å². The largest absolute Gasteiger partial charge is 0.369 e. The maximum absolute atomic E-state index is 11.1. The second-order valence-corrected chi connectivity index (χ2v) is 6.12. The summed E-state index contributed by atoms with van der Waals surface area (Å²) < 4.78 is 0. The lowest BCUT2D eigenvalue weighted by Gasteiger charge is -2.22. The highest BCUT2D eigenvalue weighted by Gasteiger charge is 2.39. The van der Waals surface area contributed by atoms with E-state index < -0.39 is 0 Å². The Kier molecular flexibility index (Phi) is 3.44. The summed E-state index contributed by atoms with van der Waals surface area (Å²) in [7, 11) is 0. The Bertz CT molecular complexity index is 506. The van der Waals surface area contributed by atoms with Gasteiger partial charge in [-0.05, 0) is 43.9 Å². The summed E-state index contributed by atoms with van der Waals surface area (Å²) in [6, 6.07) is 0. The maximum atomic E-state index is 11.1. The van der Waals surface area contributed by atoms with Crippen molar-refractivity contribution < 1.29 is 4.79 Å². The minimum atomic E-state index is 0.234. The fourth-order valence-corrected chi connectivity index (χ4v) is 3.90. The number of rotatable bonds is 4. The van der Waals surface area contributed by atoms with Crippen LogP contribution in [0.4, 0.5) is 5.82 Å². The molecule has 3 rings (SSSR count). The zero-order valence-electron chi connectivity index (χ0n) is 11.0. The Hall–Kier alpha value is -1.16. The topological polar surface area (TPSA) is 54.9 Å². The minimum Gasteiger partial charge on any atom is -0.369 e. The smallest absolute Gasteiger partial charge is 0.156 e. The van der Waals surface area contributed by atoms with Gasteiger partial charge in [-0.2, -0.15) is 0 Å². The molecule has 1 aromatic rings. The number of carbonyl (C=O) groups excluding carboxylic acids is 1. The van der Waals surface area contributed by atoms with E-state index in [9.17, 15) is 4.79 Å². The van der Waals surface area contributed by atoms with Gasteiger partial charge in [-0.15, -0.1) is 0 Å². The number of hydrogen-bond acceptors (Lipinski definition) is 4. The van der Waals surface area contributed by atoms with E-state index in [-0.39, 0.29) is 5.15 Å². The minimum absolute atomic E-state index is 0.234. The number of fused-ring (bicyclic) bond motifs is 2. The SMILES string of the molecule is Cc1nc(Cl)c(C=O)c(NCC2CC3CCC2C3)n1. The van der Waals surface area contributed by atoms with E-state index in [2.05, 4.69) is 15.3 Å². The summed E-state index contributed by atoms with van der Waals surface area (Å²) in [6.07, 6.45) is 6.19. The molecule has 4 nitrogen and oxygen atoms in total. The van der Waals surface area contributed by atoms with Crippen LogP contribution in [-0.2, 0) is 0 Å². The van der Waals surface area contributed by atoms with Crippen LogP contribution in [0.2, 0.25) is 5.15 Å². The van der Waals surface area contributed by atoms with Gasteiger partial charge in [-0.25, -0.2) is 9.97 Å². The van der Waals surface area contributed by atoms with Crippen molar-refractivity contribution in [1.82, 2.24) is 9.97 Å². The van der Waals surface area contributed by atoms with Crippen LogP contribution < -0.4 is 5.32 Å². The number of aromatic nitrogens is 2. The third-order valence-electron chi connectivity index (χ3n) is 4.55. The average Bonchev–Trinajstić information content (AvgIpc) is 2.97. The van der Waals surface area contributed by atoms with Crippen molar-refractivity contribution in [2.24, 2.45) is 17.8 Å². The first kappa shape index (κ1) is 12.9. The van der Waals surface area contributed by atoms with E-state index in [1.54, 1.807) is 6.92 Å². The summed E-state index contributed by atoms with van der Waals surface area (Å²) in [5.74, 6) is 3.67. The van der Waals surface area contributed by atoms with E-state index in [0.717, 1.165) is 24.7 Å². The van der Waals surface area contributed by atoms with Gasteiger partial charge in [0.15, 0.2) is 6.29 Å². The summed E-state index contributed by atoms with van der Waals surface area (Å²) in [5.41, 5.74) is 0.371. The number of aryl methyl sites for hydroxylation is 1. The van der Waals surface area contributed by atoms with Crippen molar-refractivity contribution in [3.63, 3.8) is 0 Å². The lowest BCUT2D eigenvalue weighted by molar-refractivity contribution is 0.112. The van der Waals surface area contributed by atoms with Crippen molar-refractivity contribution in [3.8, 4) is 0 Å². The van der Waals surface area contributed by atoms with Gasteiger partial charge in [-0.3, -0.25) is 4.79 Å². The molecule has 3 unspecified atom stereocenters. The molecule has 0 saturated heterocycles.